The molecule has 0 saturated heterocycles. The standard InChI is InChI=1S/C21H23FN4O2/c1-13(28)21-24-18-10-16(4-6-19(18)26(21)7-8-27)23-11-14-12-25(2)20-9-15(22)3-5-17(14)20/h3-6,9-10,12-13,23,27-28H,7-8,11H2,1-2H3. The molecule has 0 aliphatic carbocycles. The van der Waals surface area contributed by atoms with E-state index >= 15 is 0 Å². The number of halogens is 1. The van der Waals surface area contributed by atoms with Gasteiger partial charge >= 0.3 is 0 Å². The van der Waals surface area contributed by atoms with Gasteiger partial charge in [-0.3, -0.25) is 0 Å². The van der Waals surface area contributed by atoms with Gasteiger partial charge in [0.15, 0.2) is 0 Å². The molecule has 0 spiro atoms. The lowest BCUT2D eigenvalue weighted by molar-refractivity contribution is 0.180. The molecule has 4 aromatic rings. The van der Waals surface area contributed by atoms with Crippen LogP contribution in [-0.4, -0.2) is 30.9 Å². The lowest BCUT2D eigenvalue weighted by Crippen LogP contribution is -2.09. The summed E-state index contributed by atoms with van der Waals surface area (Å²) < 4.78 is 17.3. The summed E-state index contributed by atoms with van der Waals surface area (Å²) in [6.45, 7) is 2.62. The monoisotopic (exact) mass is 382 g/mol. The predicted molar refractivity (Wildman–Crippen MR) is 108 cm³/mol. The third-order valence-electron chi connectivity index (χ3n) is 4.99. The molecule has 1 unspecified atom stereocenters. The van der Waals surface area contributed by atoms with Gasteiger partial charge in [-0.1, -0.05) is 0 Å². The van der Waals surface area contributed by atoms with Gasteiger partial charge in [0.1, 0.15) is 17.7 Å². The molecule has 6 nitrogen and oxygen atoms in total. The van der Waals surface area contributed by atoms with Crippen LogP contribution in [0.25, 0.3) is 21.9 Å². The summed E-state index contributed by atoms with van der Waals surface area (Å²) in [4.78, 5) is 4.53. The maximum atomic E-state index is 13.5. The molecule has 1 atom stereocenters. The summed E-state index contributed by atoms with van der Waals surface area (Å²) in [6.07, 6.45) is 1.28. The smallest absolute Gasteiger partial charge is 0.138 e. The minimum absolute atomic E-state index is 0.0210. The number of imidazole rings is 1. The second-order valence-corrected chi connectivity index (χ2v) is 7.00. The third kappa shape index (κ3) is 3.23. The average molecular weight is 382 g/mol. The van der Waals surface area contributed by atoms with Crippen molar-refractivity contribution in [3.05, 3.63) is 59.8 Å². The predicted octanol–water partition coefficient (Wildman–Crippen LogP) is 3.32. The number of nitrogens with one attached hydrogen (secondary N) is 1. The zero-order chi connectivity index (χ0) is 19.8. The normalized spacial score (nSPS) is 12.8. The van der Waals surface area contributed by atoms with Gasteiger partial charge in [0.2, 0.25) is 0 Å². The van der Waals surface area contributed by atoms with Gasteiger partial charge in [0, 0.05) is 37.4 Å². The fourth-order valence-corrected chi connectivity index (χ4v) is 3.69. The molecule has 0 aliphatic rings. The molecule has 4 rings (SSSR count). The van der Waals surface area contributed by atoms with Crippen molar-refractivity contribution in [1.29, 1.82) is 0 Å². The van der Waals surface area contributed by atoms with Crippen LogP contribution >= 0.6 is 0 Å². The Morgan fingerprint density at radius 1 is 1.18 bits per heavy atom. The van der Waals surface area contributed by atoms with Crippen LogP contribution in [0, 0.1) is 5.82 Å². The summed E-state index contributed by atoms with van der Waals surface area (Å²) in [5.41, 5.74) is 4.47. The molecule has 28 heavy (non-hydrogen) atoms. The highest BCUT2D eigenvalue weighted by molar-refractivity contribution is 5.84. The van der Waals surface area contributed by atoms with Crippen LogP contribution in [-0.2, 0) is 20.1 Å². The second-order valence-electron chi connectivity index (χ2n) is 7.00. The van der Waals surface area contributed by atoms with Crippen LogP contribution in [0.4, 0.5) is 10.1 Å². The number of anilines is 1. The van der Waals surface area contributed by atoms with Crippen LogP contribution in [0.2, 0.25) is 0 Å². The Balaban J connectivity index is 1.62. The number of aliphatic hydroxyl groups is 2. The number of aliphatic hydroxyl groups excluding tert-OH is 2. The zero-order valence-corrected chi connectivity index (χ0v) is 15.9. The fourth-order valence-electron chi connectivity index (χ4n) is 3.69. The van der Waals surface area contributed by atoms with Crippen LogP contribution in [0.1, 0.15) is 24.4 Å². The van der Waals surface area contributed by atoms with Gasteiger partial charge in [0.05, 0.1) is 23.2 Å². The van der Waals surface area contributed by atoms with Crippen LogP contribution in [0.5, 0.6) is 0 Å². The Morgan fingerprint density at radius 2 is 2.00 bits per heavy atom. The SMILES string of the molecule is CC(O)c1nc2cc(NCc3cn(C)c4cc(F)ccc34)ccc2n1CCO. The summed E-state index contributed by atoms with van der Waals surface area (Å²) in [7, 11) is 1.91. The van der Waals surface area contributed by atoms with E-state index in [1.54, 1.807) is 13.0 Å². The number of aryl methyl sites for hydroxylation is 1. The van der Waals surface area contributed by atoms with Gasteiger partial charge in [-0.25, -0.2) is 9.37 Å². The summed E-state index contributed by atoms with van der Waals surface area (Å²) >= 11 is 0. The van der Waals surface area contributed by atoms with Crippen LogP contribution < -0.4 is 5.32 Å². The molecule has 0 bridgehead atoms. The first-order valence-electron chi connectivity index (χ1n) is 9.24. The van der Waals surface area contributed by atoms with Crippen molar-refractivity contribution in [1.82, 2.24) is 14.1 Å². The molecule has 2 heterocycles. The van der Waals surface area contributed by atoms with Gasteiger partial charge in [-0.05, 0) is 48.9 Å². The molecule has 3 N–H and O–H groups in total. The minimum atomic E-state index is -0.716. The topological polar surface area (TPSA) is 75.2 Å². The Labute approximate surface area is 161 Å². The highest BCUT2D eigenvalue weighted by Crippen LogP contribution is 2.26. The Kier molecular flexibility index (Phi) is 4.78. The van der Waals surface area contributed by atoms with E-state index in [0.29, 0.717) is 18.9 Å². The van der Waals surface area contributed by atoms with Gasteiger partial charge < -0.3 is 24.7 Å². The highest BCUT2D eigenvalue weighted by atomic mass is 19.1. The average Bonchev–Trinajstić information content (AvgIpc) is 3.18. The maximum absolute atomic E-state index is 13.5. The first kappa shape index (κ1) is 18.5. The van der Waals surface area contributed by atoms with Crippen molar-refractivity contribution in [2.45, 2.75) is 26.1 Å². The van der Waals surface area contributed by atoms with Gasteiger partial charge in [-0.15, -0.1) is 0 Å². The number of hydrogen-bond acceptors (Lipinski definition) is 4. The van der Waals surface area contributed by atoms with Crippen molar-refractivity contribution in [3.8, 4) is 0 Å². The molecule has 7 heteroatoms. The van der Waals surface area contributed by atoms with Crippen molar-refractivity contribution in [2.75, 3.05) is 11.9 Å². The van der Waals surface area contributed by atoms with E-state index in [1.165, 1.54) is 12.1 Å². The van der Waals surface area contributed by atoms with E-state index in [4.69, 9.17) is 0 Å². The summed E-state index contributed by atoms with van der Waals surface area (Å²) in [6, 6.07) is 10.6. The van der Waals surface area contributed by atoms with E-state index < -0.39 is 6.10 Å². The Bertz CT molecular complexity index is 1150. The summed E-state index contributed by atoms with van der Waals surface area (Å²) in [5.74, 6) is 0.295. The first-order valence-corrected chi connectivity index (χ1v) is 9.24. The fraction of sp³-hybridized carbons (Fsp3) is 0.286. The number of aromatic nitrogens is 3. The maximum Gasteiger partial charge on any atom is 0.138 e. The van der Waals surface area contributed by atoms with E-state index in [0.717, 1.165) is 33.2 Å². The number of hydrogen-bond donors (Lipinski definition) is 3. The molecular weight excluding hydrogens is 359 g/mol. The van der Waals surface area contributed by atoms with E-state index in [-0.39, 0.29) is 12.4 Å². The number of rotatable bonds is 6. The van der Waals surface area contributed by atoms with Crippen molar-refractivity contribution in [2.24, 2.45) is 7.05 Å². The second kappa shape index (κ2) is 7.26. The third-order valence-corrected chi connectivity index (χ3v) is 4.99. The number of nitrogens with zero attached hydrogens (tertiary/aromatic N) is 3. The molecule has 0 amide bonds. The molecular formula is C21H23FN4O2. The Morgan fingerprint density at radius 3 is 2.75 bits per heavy atom. The lowest BCUT2D eigenvalue weighted by atomic mass is 10.1. The molecule has 146 valence electrons. The molecule has 0 fully saturated rings. The quantitative estimate of drug-likeness (QED) is 0.478. The largest absolute Gasteiger partial charge is 0.395 e. The van der Waals surface area contributed by atoms with Crippen molar-refractivity contribution in [3.63, 3.8) is 0 Å². The molecule has 0 saturated carbocycles. The number of fused-ring (bicyclic) bond motifs is 2. The highest BCUT2D eigenvalue weighted by Gasteiger charge is 2.15. The lowest BCUT2D eigenvalue weighted by Gasteiger charge is -2.09. The first-order chi connectivity index (χ1) is 13.5. The molecule has 0 radical (unpaired) electrons. The van der Waals surface area contributed by atoms with Gasteiger partial charge in [0.25, 0.3) is 0 Å². The van der Waals surface area contributed by atoms with Crippen molar-refractivity contribution < 1.29 is 14.6 Å². The van der Waals surface area contributed by atoms with E-state index in [9.17, 15) is 14.6 Å². The van der Waals surface area contributed by atoms with Crippen molar-refractivity contribution >= 4 is 27.6 Å². The minimum Gasteiger partial charge on any atom is -0.395 e. The zero-order valence-electron chi connectivity index (χ0n) is 15.9. The van der Waals surface area contributed by atoms with Gasteiger partial charge in [-0.2, -0.15) is 0 Å². The summed E-state index contributed by atoms with van der Waals surface area (Å²) in [5, 5.41) is 23.7. The molecule has 2 aromatic heterocycles. The van der Waals surface area contributed by atoms with Crippen LogP contribution in [0.3, 0.4) is 0 Å². The Hall–Kier alpha value is -2.90. The molecule has 0 aliphatic heterocycles. The van der Waals surface area contributed by atoms with Crippen LogP contribution in [0.15, 0.2) is 42.6 Å². The van der Waals surface area contributed by atoms with E-state index in [2.05, 4.69) is 10.3 Å². The van der Waals surface area contributed by atoms with E-state index in [1.807, 2.05) is 40.6 Å². The number of benzene rings is 2. The molecule has 2 aromatic carbocycles.